The molecule has 0 aliphatic carbocycles. The van der Waals surface area contributed by atoms with Gasteiger partial charge in [0.1, 0.15) is 11.4 Å². The number of pyridine rings is 1. The van der Waals surface area contributed by atoms with Crippen LogP contribution in [0.15, 0.2) is 54.6 Å². The van der Waals surface area contributed by atoms with Gasteiger partial charge in [0.05, 0.1) is 18.7 Å². The first-order valence-corrected chi connectivity index (χ1v) is 15.1. The third kappa shape index (κ3) is 7.09. The SMILES string of the molecule is Cc1cc(CCOc2ccc(C(=O)NCC3(N4CCN(C(=O)OC(C)(C)C)CC4)C(=O)NC(=O)NC3=O)cc2)c2ccccc2n1. The number of carbonyl (C=O) groups excluding carboxylic acids is 5. The second-order valence-electron chi connectivity index (χ2n) is 12.3. The van der Waals surface area contributed by atoms with Crippen molar-refractivity contribution in [3.05, 3.63) is 71.4 Å². The van der Waals surface area contributed by atoms with Gasteiger partial charge in [-0.2, -0.15) is 0 Å². The second-order valence-corrected chi connectivity index (χ2v) is 12.3. The molecule has 2 aromatic carbocycles. The number of piperazine rings is 1. The lowest BCUT2D eigenvalue weighted by molar-refractivity contribution is -0.148. The topological polar surface area (TPSA) is 159 Å². The van der Waals surface area contributed by atoms with Gasteiger partial charge in [0.2, 0.25) is 0 Å². The van der Waals surface area contributed by atoms with Gasteiger partial charge in [-0.15, -0.1) is 0 Å². The number of nitrogens with one attached hydrogen (secondary N) is 3. The van der Waals surface area contributed by atoms with Crippen molar-refractivity contribution in [2.75, 3.05) is 39.3 Å². The zero-order valence-corrected chi connectivity index (χ0v) is 26.3. The molecule has 1 aromatic heterocycles. The molecule has 3 heterocycles. The molecule has 2 aliphatic heterocycles. The number of rotatable bonds is 8. The van der Waals surface area contributed by atoms with E-state index in [2.05, 4.69) is 27.0 Å². The molecule has 6 amide bonds. The molecule has 3 aromatic rings. The summed E-state index contributed by atoms with van der Waals surface area (Å²) < 4.78 is 11.4. The van der Waals surface area contributed by atoms with E-state index in [9.17, 15) is 24.0 Å². The maximum absolute atomic E-state index is 13.2. The molecule has 0 spiro atoms. The molecule has 3 N–H and O–H groups in total. The lowest BCUT2D eigenvalue weighted by Gasteiger charge is -2.46. The summed E-state index contributed by atoms with van der Waals surface area (Å²) in [6, 6.07) is 15.6. The standard InChI is InChI=1S/C33H38N6O7/c1-21-19-23(25-7-5-6-8-26(25)35-21)13-18-45-24-11-9-22(10-12-24)27(40)34-20-33(28(41)36-30(43)37-29(33)42)39-16-14-38(15-17-39)31(44)46-32(2,3)4/h5-12,19H,13-18,20H2,1-4H3,(H,34,40)(H2,36,37,41,42,43). The predicted molar refractivity (Wildman–Crippen MR) is 168 cm³/mol. The van der Waals surface area contributed by atoms with E-state index in [1.165, 1.54) is 4.90 Å². The number of barbiturate groups is 1. The molecule has 13 heteroatoms. The van der Waals surface area contributed by atoms with E-state index in [-0.39, 0.29) is 26.2 Å². The van der Waals surface area contributed by atoms with Gasteiger partial charge in [-0.05, 0) is 69.7 Å². The fraction of sp³-hybridized carbons (Fsp3) is 0.394. The highest BCUT2D eigenvalue weighted by molar-refractivity contribution is 6.23. The summed E-state index contributed by atoms with van der Waals surface area (Å²) in [6.45, 7) is 7.89. The Morgan fingerprint density at radius 3 is 2.26 bits per heavy atom. The molecule has 0 radical (unpaired) electrons. The van der Waals surface area contributed by atoms with Gasteiger partial charge in [-0.25, -0.2) is 9.59 Å². The van der Waals surface area contributed by atoms with Crippen LogP contribution in [0.4, 0.5) is 9.59 Å². The highest BCUT2D eigenvalue weighted by atomic mass is 16.6. The van der Waals surface area contributed by atoms with Crippen molar-refractivity contribution >= 4 is 40.7 Å². The van der Waals surface area contributed by atoms with Crippen LogP contribution >= 0.6 is 0 Å². The average molecular weight is 631 g/mol. The number of amides is 6. The Kier molecular flexibility index (Phi) is 9.24. The number of hydrogen-bond acceptors (Lipinski definition) is 9. The molecule has 2 saturated heterocycles. The van der Waals surface area contributed by atoms with Crippen molar-refractivity contribution in [3.63, 3.8) is 0 Å². The van der Waals surface area contributed by atoms with Gasteiger partial charge in [0, 0.05) is 49.2 Å². The lowest BCUT2D eigenvalue weighted by Crippen LogP contribution is -2.78. The first-order valence-electron chi connectivity index (χ1n) is 15.1. The van der Waals surface area contributed by atoms with Crippen molar-refractivity contribution in [2.24, 2.45) is 0 Å². The van der Waals surface area contributed by atoms with Crippen LogP contribution in [0.2, 0.25) is 0 Å². The molecule has 242 valence electrons. The highest BCUT2D eigenvalue weighted by Crippen LogP contribution is 2.23. The lowest BCUT2D eigenvalue weighted by atomic mass is 9.91. The Balaban J connectivity index is 1.21. The van der Waals surface area contributed by atoms with Crippen LogP contribution in [-0.2, 0) is 20.7 Å². The number of urea groups is 1. The monoisotopic (exact) mass is 630 g/mol. The summed E-state index contributed by atoms with van der Waals surface area (Å²) in [4.78, 5) is 71.7. The highest BCUT2D eigenvalue weighted by Gasteiger charge is 2.55. The number of aryl methyl sites for hydroxylation is 1. The van der Waals surface area contributed by atoms with E-state index in [4.69, 9.17) is 9.47 Å². The number of ether oxygens (including phenoxy) is 2. The largest absolute Gasteiger partial charge is 0.493 e. The molecular formula is C33H38N6O7. The van der Waals surface area contributed by atoms with E-state index >= 15 is 0 Å². The number of nitrogens with zero attached hydrogens (tertiary/aromatic N) is 3. The molecule has 46 heavy (non-hydrogen) atoms. The van der Waals surface area contributed by atoms with Gasteiger partial charge in [-0.1, -0.05) is 18.2 Å². The predicted octanol–water partition coefficient (Wildman–Crippen LogP) is 2.55. The third-order valence-electron chi connectivity index (χ3n) is 7.87. The minimum atomic E-state index is -1.90. The molecule has 0 atom stereocenters. The normalized spacial score (nSPS) is 16.9. The zero-order chi connectivity index (χ0) is 33.1. The van der Waals surface area contributed by atoms with Gasteiger partial charge < -0.3 is 19.7 Å². The van der Waals surface area contributed by atoms with Crippen LogP contribution in [0, 0.1) is 6.92 Å². The summed E-state index contributed by atoms with van der Waals surface area (Å²) in [5.41, 5.74) is 0.721. The van der Waals surface area contributed by atoms with E-state index in [1.807, 2.05) is 31.2 Å². The number of imide groups is 2. The molecule has 0 saturated carbocycles. The number of hydrogen-bond donors (Lipinski definition) is 3. The summed E-state index contributed by atoms with van der Waals surface area (Å²) >= 11 is 0. The quantitative estimate of drug-likeness (QED) is 0.318. The number of benzene rings is 2. The Labute approximate surface area is 266 Å². The van der Waals surface area contributed by atoms with Crippen molar-refractivity contribution in [1.29, 1.82) is 0 Å². The van der Waals surface area contributed by atoms with Crippen molar-refractivity contribution in [2.45, 2.75) is 45.3 Å². The van der Waals surface area contributed by atoms with Crippen LogP contribution in [0.3, 0.4) is 0 Å². The zero-order valence-electron chi connectivity index (χ0n) is 26.3. The first-order chi connectivity index (χ1) is 21.9. The van der Waals surface area contributed by atoms with Gasteiger partial charge >= 0.3 is 12.1 Å². The Hall–Kier alpha value is -5.04. The maximum atomic E-state index is 13.2. The molecule has 0 bridgehead atoms. The number of para-hydroxylation sites is 1. The Morgan fingerprint density at radius 1 is 0.957 bits per heavy atom. The van der Waals surface area contributed by atoms with Gasteiger partial charge in [0.15, 0.2) is 5.54 Å². The van der Waals surface area contributed by atoms with Crippen LogP contribution in [0.5, 0.6) is 5.75 Å². The Morgan fingerprint density at radius 2 is 1.61 bits per heavy atom. The van der Waals surface area contributed by atoms with E-state index in [1.54, 1.807) is 49.9 Å². The maximum Gasteiger partial charge on any atom is 0.410 e. The minimum Gasteiger partial charge on any atom is -0.493 e. The Bertz CT molecular complexity index is 1640. The number of fused-ring (bicyclic) bond motifs is 1. The third-order valence-corrected chi connectivity index (χ3v) is 7.87. The van der Waals surface area contributed by atoms with Crippen LogP contribution in [-0.4, -0.2) is 95.1 Å². The summed E-state index contributed by atoms with van der Waals surface area (Å²) in [5, 5.41) is 8.07. The van der Waals surface area contributed by atoms with Crippen molar-refractivity contribution in [3.8, 4) is 5.75 Å². The fourth-order valence-corrected chi connectivity index (χ4v) is 5.60. The smallest absolute Gasteiger partial charge is 0.410 e. The molecule has 2 aliphatic rings. The van der Waals surface area contributed by atoms with E-state index in [0.717, 1.165) is 22.2 Å². The summed E-state index contributed by atoms with van der Waals surface area (Å²) in [7, 11) is 0. The fourth-order valence-electron chi connectivity index (χ4n) is 5.60. The van der Waals surface area contributed by atoms with E-state index < -0.39 is 47.5 Å². The average Bonchev–Trinajstić information content (AvgIpc) is 3.00. The summed E-state index contributed by atoms with van der Waals surface area (Å²) in [6.07, 6.45) is 0.169. The minimum absolute atomic E-state index is 0.130. The van der Waals surface area contributed by atoms with Gasteiger partial charge in [-0.3, -0.25) is 34.9 Å². The molecule has 13 nitrogen and oxygen atoms in total. The van der Waals surface area contributed by atoms with Crippen molar-refractivity contribution in [1.82, 2.24) is 30.7 Å². The first kappa shape index (κ1) is 32.4. The molecule has 2 fully saturated rings. The molecule has 5 rings (SSSR count). The molecule has 0 unspecified atom stereocenters. The van der Waals surface area contributed by atoms with E-state index in [0.29, 0.717) is 24.3 Å². The number of carbonyl (C=O) groups is 5. The molecular weight excluding hydrogens is 592 g/mol. The second kappa shape index (κ2) is 13.1. The van der Waals surface area contributed by atoms with Gasteiger partial charge in [0.25, 0.3) is 17.7 Å². The summed E-state index contributed by atoms with van der Waals surface area (Å²) in [5.74, 6) is -1.65. The van der Waals surface area contributed by atoms with Crippen molar-refractivity contribution < 1.29 is 33.4 Å². The van der Waals surface area contributed by atoms with Crippen LogP contribution in [0.25, 0.3) is 10.9 Å². The number of aromatic nitrogens is 1. The van der Waals surface area contributed by atoms with Crippen LogP contribution < -0.4 is 20.7 Å². The van der Waals surface area contributed by atoms with Crippen LogP contribution in [0.1, 0.15) is 42.4 Å².